The lowest BCUT2D eigenvalue weighted by Crippen LogP contribution is -2.36. The van der Waals surface area contributed by atoms with Crippen LogP contribution in [0.1, 0.15) is 48.8 Å². The van der Waals surface area contributed by atoms with Crippen LogP contribution in [0.15, 0.2) is 0 Å². The summed E-state index contributed by atoms with van der Waals surface area (Å²) in [6.07, 6.45) is 2.33. The molecule has 1 aliphatic heterocycles. The number of rotatable bonds is 5. The molecule has 1 aliphatic rings. The maximum absolute atomic E-state index is 4.66. The zero-order valence-electron chi connectivity index (χ0n) is 12.9. The molecule has 19 heavy (non-hydrogen) atoms. The number of nitrogens with zero attached hydrogens (tertiary/aromatic N) is 2. The van der Waals surface area contributed by atoms with Crippen molar-refractivity contribution in [1.82, 2.24) is 15.2 Å². The van der Waals surface area contributed by atoms with E-state index in [0.717, 1.165) is 26.1 Å². The molecule has 2 heterocycles. The Kier molecular flexibility index (Phi) is 4.64. The SMILES string of the molecule is CCc1nc(C)c(C(C)N(C)CC2(C)CCNC2)s1. The number of thiazole rings is 1. The van der Waals surface area contributed by atoms with Gasteiger partial charge in [0.25, 0.3) is 0 Å². The van der Waals surface area contributed by atoms with E-state index < -0.39 is 0 Å². The standard InChI is InChI=1S/C15H27N3S/c1-6-13-17-11(2)14(19-13)12(3)18(5)10-15(4)7-8-16-9-15/h12,16H,6-10H2,1-5H3. The van der Waals surface area contributed by atoms with Gasteiger partial charge in [-0.05, 0) is 45.7 Å². The van der Waals surface area contributed by atoms with Crippen molar-refractivity contribution in [2.45, 2.75) is 46.6 Å². The van der Waals surface area contributed by atoms with Gasteiger partial charge in [0.1, 0.15) is 0 Å². The van der Waals surface area contributed by atoms with Gasteiger partial charge in [0.05, 0.1) is 10.7 Å². The molecule has 1 fully saturated rings. The van der Waals surface area contributed by atoms with Crippen LogP contribution >= 0.6 is 11.3 Å². The van der Waals surface area contributed by atoms with Gasteiger partial charge in [-0.1, -0.05) is 13.8 Å². The second-order valence-corrected chi connectivity index (χ2v) is 7.35. The minimum atomic E-state index is 0.426. The fourth-order valence-electron chi connectivity index (χ4n) is 2.95. The molecule has 0 saturated carbocycles. The predicted molar refractivity (Wildman–Crippen MR) is 82.9 cm³/mol. The van der Waals surface area contributed by atoms with Crippen molar-refractivity contribution in [2.24, 2.45) is 5.41 Å². The summed E-state index contributed by atoms with van der Waals surface area (Å²) >= 11 is 1.88. The van der Waals surface area contributed by atoms with Crippen LogP contribution in [-0.4, -0.2) is 36.6 Å². The van der Waals surface area contributed by atoms with Gasteiger partial charge in [-0.25, -0.2) is 4.98 Å². The van der Waals surface area contributed by atoms with Gasteiger partial charge in [0.15, 0.2) is 0 Å². The van der Waals surface area contributed by atoms with Crippen LogP contribution < -0.4 is 5.32 Å². The summed E-state index contributed by atoms with van der Waals surface area (Å²) in [4.78, 5) is 8.59. The summed E-state index contributed by atoms with van der Waals surface area (Å²) in [6.45, 7) is 12.5. The zero-order chi connectivity index (χ0) is 14.0. The fraction of sp³-hybridized carbons (Fsp3) is 0.800. The molecule has 0 amide bonds. The van der Waals surface area contributed by atoms with Crippen LogP contribution in [-0.2, 0) is 6.42 Å². The Morgan fingerprint density at radius 2 is 2.26 bits per heavy atom. The highest BCUT2D eigenvalue weighted by Gasteiger charge is 2.31. The Morgan fingerprint density at radius 1 is 1.53 bits per heavy atom. The summed E-state index contributed by atoms with van der Waals surface area (Å²) in [5, 5.41) is 4.75. The van der Waals surface area contributed by atoms with Crippen molar-refractivity contribution >= 4 is 11.3 Å². The third kappa shape index (κ3) is 3.36. The Labute approximate surface area is 121 Å². The third-order valence-corrected chi connectivity index (χ3v) is 5.78. The fourth-order valence-corrected chi connectivity index (χ4v) is 4.07. The van der Waals surface area contributed by atoms with Crippen molar-refractivity contribution in [2.75, 3.05) is 26.7 Å². The van der Waals surface area contributed by atoms with Gasteiger partial charge in [-0.3, -0.25) is 4.90 Å². The molecule has 108 valence electrons. The maximum Gasteiger partial charge on any atom is 0.0928 e. The van der Waals surface area contributed by atoms with E-state index in [-0.39, 0.29) is 0 Å². The molecule has 2 atom stereocenters. The molecule has 1 aromatic heterocycles. The topological polar surface area (TPSA) is 28.2 Å². The van der Waals surface area contributed by atoms with Gasteiger partial charge in [0.2, 0.25) is 0 Å². The third-order valence-electron chi connectivity index (χ3n) is 4.31. The number of hydrogen-bond acceptors (Lipinski definition) is 4. The number of aromatic nitrogens is 1. The minimum absolute atomic E-state index is 0.426. The first-order chi connectivity index (χ1) is 8.95. The molecule has 0 spiro atoms. The molecule has 0 aliphatic carbocycles. The molecular weight excluding hydrogens is 254 g/mol. The van der Waals surface area contributed by atoms with Crippen molar-refractivity contribution in [1.29, 1.82) is 0 Å². The number of nitrogens with one attached hydrogen (secondary N) is 1. The second-order valence-electron chi connectivity index (χ2n) is 6.24. The van der Waals surface area contributed by atoms with E-state index in [0.29, 0.717) is 11.5 Å². The smallest absolute Gasteiger partial charge is 0.0928 e. The zero-order valence-corrected chi connectivity index (χ0v) is 13.7. The van der Waals surface area contributed by atoms with E-state index in [1.54, 1.807) is 0 Å². The Balaban J connectivity index is 2.05. The van der Waals surface area contributed by atoms with Gasteiger partial charge >= 0.3 is 0 Å². The average molecular weight is 281 g/mol. The first-order valence-corrected chi connectivity index (χ1v) is 8.14. The molecular formula is C15H27N3S. The Bertz CT molecular complexity index is 421. The van der Waals surface area contributed by atoms with Crippen molar-refractivity contribution < 1.29 is 0 Å². The summed E-state index contributed by atoms with van der Waals surface area (Å²) in [6, 6.07) is 0.468. The van der Waals surface area contributed by atoms with Gasteiger partial charge < -0.3 is 5.32 Å². The second kappa shape index (κ2) is 5.90. The predicted octanol–water partition coefficient (Wildman–Crippen LogP) is 3.01. The molecule has 1 aromatic rings. The maximum atomic E-state index is 4.66. The van der Waals surface area contributed by atoms with Crippen LogP contribution in [0.4, 0.5) is 0 Å². The monoisotopic (exact) mass is 281 g/mol. The molecule has 4 heteroatoms. The molecule has 3 nitrogen and oxygen atoms in total. The first-order valence-electron chi connectivity index (χ1n) is 7.32. The largest absolute Gasteiger partial charge is 0.316 e. The van der Waals surface area contributed by atoms with Crippen molar-refractivity contribution in [3.63, 3.8) is 0 Å². The van der Waals surface area contributed by atoms with Crippen molar-refractivity contribution in [3.05, 3.63) is 15.6 Å². The Hall–Kier alpha value is -0.450. The van der Waals surface area contributed by atoms with Crippen LogP contribution in [0.5, 0.6) is 0 Å². The molecule has 1 N–H and O–H groups in total. The molecule has 2 rings (SSSR count). The summed E-state index contributed by atoms with van der Waals surface area (Å²) in [7, 11) is 2.25. The molecule has 2 unspecified atom stereocenters. The summed E-state index contributed by atoms with van der Waals surface area (Å²) < 4.78 is 0. The molecule has 1 saturated heterocycles. The lowest BCUT2D eigenvalue weighted by molar-refractivity contribution is 0.170. The summed E-state index contributed by atoms with van der Waals surface area (Å²) in [5.41, 5.74) is 1.64. The van der Waals surface area contributed by atoms with E-state index in [1.807, 2.05) is 11.3 Å². The van der Waals surface area contributed by atoms with E-state index in [1.165, 1.54) is 22.0 Å². The average Bonchev–Trinajstić information content (AvgIpc) is 2.94. The molecule has 0 radical (unpaired) electrons. The van der Waals surface area contributed by atoms with Crippen LogP contribution in [0.3, 0.4) is 0 Å². The quantitative estimate of drug-likeness (QED) is 0.899. The number of aryl methyl sites for hydroxylation is 2. The highest BCUT2D eigenvalue weighted by molar-refractivity contribution is 7.11. The van der Waals surface area contributed by atoms with Crippen LogP contribution in [0.2, 0.25) is 0 Å². The lowest BCUT2D eigenvalue weighted by atomic mass is 9.89. The van der Waals surface area contributed by atoms with Gasteiger partial charge in [0, 0.05) is 24.0 Å². The van der Waals surface area contributed by atoms with Crippen molar-refractivity contribution in [3.8, 4) is 0 Å². The van der Waals surface area contributed by atoms with E-state index in [9.17, 15) is 0 Å². The van der Waals surface area contributed by atoms with E-state index in [2.05, 4.69) is 49.9 Å². The lowest BCUT2D eigenvalue weighted by Gasteiger charge is -2.33. The van der Waals surface area contributed by atoms with Crippen LogP contribution in [0, 0.1) is 12.3 Å². The highest BCUT2D eigenvalue weighted by Crippen LogP contribution is 2.32. The van der Waals surface area contributed by atoms with E-state index in [4.69, 9.17) is 0 Å². The van der Waals surface area contributed by atoms with E-state index >= 15 is 0 Å². The van der Waals surface area contributed by atoms with Gasteiger partial charge in [-0.15, -0.1) is 11.3 Å². The Morgan fingerprint density at radius 3 is 2.79 bits per heavy atom. The van der Waals surface area contributed by atoms with Crippen LogP contribution in [0.25, 0.3) is 0 Å². The van der Waals surface area contributed by atoms with Gasteiger partial charge in [-0.2, -0.15) is 0 Å². The molecule has 0 bridgehead atoms. The normalized spacial score (nSPS) is 25.2. The summed E-state index contributed by atoms with van der Waals surface area (Å²) in [5.74, 6) is 0. The first kappa shape index (κ1) is 14.9. The molecule has 0 aromatic carbocycles. The minimum Gasteiger partial charge on any atom is -0.316 e. The number of hydrogen-bond donors (Lipinski definition) is 1. The highest BCUT2D eigenvalue weighted by atomic mass is 32.1.